The van der Waals surface area contributed by atoms with Gasteiger partial charge in [0.15, 0.2) is 11.5 Å². The van der Waals surface area contributed by atoms with Crippen LogP contribution in [0.2, 0.25) is 5.02 Å². The maximum absolute atomic E-state index is 12.4. The summed E-state index contributed by atoms with van der Waals surface area (Å²) in [5.74, 6) is 0.728. The Kier molecular flexibility index (Phi) is 6.11. The minimum Gasteiger partial charge on any atom is -0.491 e. The monoisotopic (exact) mass is 385 g/mol. The van der Waals surface area contributed by atoms with E-state index in [1.54, 1.807) is 24.3 Å². The van der Waals surface area contributed by atoms with Gasteiger partial charge in [-0.15, -0.1) is 0 Å². The summed E-state index contributed by atoms with van der Waals surface area (Å²) in [6.07, 6.45) is 0. The highest BCUT2D eigenvalue weighted by atomic mass is 35.5. The number of halogens is 1. The van der Waals surface area contributed by atoms with Gasteiger partial charge in [0.25, 0.3) is 5.91 Å². The Labute approximate surface area is 162 Å². The summed E-state index contributed by atoms with van der Waals surface area (Å²) in [4.78, 5) is 14.4. The summed E-state index contributed by atoms with van der Waals surface area (Å²) >= 11 is 6.23. The first kappa shape index (κ1) is 18.9. The Morgan fingerprint density at radius 3 is 2.67 bits per heavy atom. The van der Waals surface area contributed by atoms with Gasteiger partial charge in [0.05, 0.1) is 5.02 Å². The second kappa shape index (κ2) is 8.70. The van der Waals surface area contributed by atoms with Crippen LogP contribution in [0, 0.1) is 0 Å². The van der Waals surface area contributed by atoms with E-state index in [0.717, 1.165) is 12.1 Å². The van der Waals surface area contributed by atoms with Crippen molar-refractivity contribution in [2.24, 2.45) is 0 Å². The lowest BCUT2D eigenvalue weighted by Crippen LogP contribution is -2.19. The van der Waals surface area contributed by atoms with Gasteiger partial charge in [0.1, 0.15) is 12.4 Å². The molecule has 1 heterocycles. The third-order valence-corrected chi connectivity index (χ3v) is 4.08. The average molecular weight is 386 g/mol. The molecular weight excluding hydrogens is 366 g/mol. The second-order valence-electron chi connectivity index (χ2n) is 6.19. The normalized spacial score (nSPS) is 10.8. The van der Waals surface area contributed by atoms with Crippen LogP contribution in [0.1, 0.15) is 10.5 Å². The molecule has 0 saturated carbocycles. The molecule has 7 heteroatoms. The lowest BCUT2D eigenvalue weighted by atomic mass is 10.1. The van der Waals surface area contributed by atoms with Gasteiger partial charge in [-0.25, -0.2) is 0 Å². The fraction of sp³-hybridized carbons (Fsp3) is 0.200. The Bertz CT molecular complexity index is 910. The summed E-state index contributed by atoms with van der Waals surface area (Å²) in [6.45, 7) is 1.31. The zero-order valence-corrected chi connectivity index (χ0v) is 15.9. The smallest absolute Gasteiger partial charge is 0.277 e. The maximum atomic E-state index is 12.4. The highest BCUT2D eigenvalue weighted by molar-refractivity contribution is 6.32. The molecule has 3 aromatic rings. The lowest BCUT2D eigenvalue weighted by molar-refractivity contribution is 0.101. The van der Waals surface area contributed by atoms with Crippen molar-refractivity contribution >= 4 is 23.2 Å². The molecule has 0 aliphatic carbocycles. The molecule has 1 aromatic heterocycles. The standard InChI is InChI=1S/C20H20ClN3O3/c1-24(2)10-11-26-18-9-8-15(12-16(18)21)22-20(25)17-13-19(27-23-17)14-6-4-3-5-7-14/h3-9,12-13H,10-11H2,1-2H3,(H,22,25). The largest absolute Gasteiger partial charge is 0.491 e. The molecule has 6 nitrogen and oxygen atoms in total. The number of hydrogen-bond donors (Lipinski definition) is 1. The first-order valence-corrected chi connectivity index (χ1v) is 8.81. The highest BCUT2D eigenvalue weighted by Gasteiger charge is 2.14. The third-order valence-electron chi connectivity index (χ3n) is 3.79. The van der Waals surface area contributed by atoms with Gasteiger partial charge in [-0.3, -0.25) is 4.79 Å². The number of anilines is 1. The molecule has 0 unspecified atom stereocenters. The number of ether oxygens (including phenoxy) is 1. The Morgan fingerprint density at radius 2 is 1.96 bits per heavy atom. The summed E-state index contributed by atoms with van der Waals surface area (Å²) in [5.41, 5.74) is 1.59. The SMILES string of the molecule is CN(C)CCOc1ccc(NC(=O)c2cc(-c3ccccc3)on2)cc1Cl. The van der Waals surface area contributed by atoms with Gasteiger partial charge >= 0.3 is 0 Å². The van der Waals surface area contributed by atoms with Gasteiger partial charge < -0.3 is 19.5 Å². The van der Waals surface area contributed by atoms with Crippen LogP contribution in [0.25, 0.3) is 11.3 Å². The number of rotatable bonds is 7. The quantitative estimate of drug-likeness (QED) is 0.660. The summed E-state index contributed by atoms with van der Waals surface area (Å²) in [7, 11) is 3.94. The van der Waals surface area contributed by atoms with Crippen LogP contribution in [0.15, 0.2) is 59.1 Å². The van der Waals surface area contributed by atoms with Gasteiger partial charge in [-0.05, 0) is 32.3 Å². The van der Waals surface area contributed by atoms with Crippen molar-refractivity contribution in [3.05, 3.63) is 65.3 Å². The molecule has 0 radical (unpaired) electrons. The molecule has 27 heavy (non-hydrogen) atoms. The first-order valence-electron chi connectivity index (χ1n) is 8.43. The molecule has 0 aliphatic rings. The maximum Gasteiger partial charge on any atom is 0.277 e. The molecule has 0 atom stereocenters. The van der Waals surface area contributed by atoms with Crippen LogP contribution in [-0.4, -0.2) is 43.2 Å². The van der Waals surface area contributed by atoms with Crippen molar-refractivity contribution < 1.29 is 14.1 Å². The Hall–Kier alpha value is -2.83. The van der Waals surface area contributed by atoms with E-state index in [1.807, 2.05) is 49.3 Å². The fourth-order valence-corrected chi connectivity index (χ4v) is 2.58. The average Bonchev–Trinajstić information content (AvgIpc) is 3.14. The van der Waals surface area contributed by atoms with E-state index in [0.29, 0.717) is 28.8 Å². The fourth-order valence-electron chi connectivity index (χ4n) is 2.35. The van der Waals surface area contributed by atoms with E-state index >= 15 is 0 Å². The number of nitrogens with one attached hydrogen (secondary N) is 1. The summed E-state index contributed by atoms with van der Waals surface area (Å²) in [6, 6.07) is 16.2. The molecular formula is C20H20ClN3O3. The van der Waals surface area contributed by atoms with Gasteiger partial charge in [0.2, 0.25) is 0 Å². The number of carbonyl (C=O) groups is 1. The number of nitrogens with zero attached hydrogens (tertiary/aromatic N) is 2. The van der Waals surface area contributed by atoms with E-state index in [2.05, 4.69) is 10.5 Å². The molecule has 3 rings (SSSR count). The van der Waals surface area contributed by atoms with E-state index in [-0.39, 0.29) is 11.6 Å². The first-order chi connectivity index (χ1) is 13.0. The third kappa shape index (κ3) is 5.09. The molecule has 140 valence electrons. The molecule has 1 amide bonds. The molecule has 0 spiro atoms. The Morgan fingerprint density at radius 1 is 1.19 bits per heavy atom. The number of hydrogen-bond acceptors (Lipinski definition) is 5. The summed E-state index contributed by atoms with van der Waals surface area (Å²) in [5, 5.41) is 7.02. The Balaban J connectivity index is 1.64. The van der Waals surface area contributed by atoms with E-state index in [9.17, 15) is 4.79 Å². The zero-order chi connectivity index (χ0) is 19.2. The number of carbonyl (C=O) groups excluding carboxylic acids is 1. The van der Waals surface area contributed by atoms with Crippen molar-refractivity contribution in [3.8, 4) is 17.1 Å². The van der Waals surface area contributed by atoms with E-state index in [4.69, 9.17) is 20.9 Å². The predicted molar refractivity (Wildman–Crippen MR) is 105 cm³/mol. The second-order valence-corrected chi connectivity index (χ2v) is 6.60. The van der Waals surface area contributed by atoms with Crippen molar-refractivity contribution in [1.29, 1.82) is 0 Å². The predicted octanol–water partition coefficient (Wildman–Crippen LogP) is 4.19. The number of likely N-dealkylation sites (N-methyl/N-ethyl adjacent to an activating group) is 1. The minimum absolute atomic E-state index is 0.191. The van der Waals surface area contributed by atoms with Crippen molar-refractivity contribution in [2.45, 2.75) is 0 Å². The number of benzene rings is 2. The highest BCUT2D eigenvalue weighted by Crippen LogP contribution is 2.28. The zero-order valence-electron chi connectivity index (χ0n) is 15.1. The van der Waals surface area contributed by atoms with Crippen LogP contribution < -0.4 is 10.1 Å². The molecule has 0 aliphatic heterocycles. The van der Waals surface area contributed by atoms with Crippen LogP contribution in [0.5, 0.6) is 5.75 Å². The van der Waals surface area contributed by atoms with Crippen molar-refractivity contribution in [2.75, 3.05) is 32.6 Å². The van der Waals surface area contributed by atoms with E-state index < -0.39 is 0 Å². The van der Waals surface area contributed by atoms with Gasteiger partial charge in [-0.1, -0.05) is 47.1 Å². The topological polar surface area (TPSA) is 67.6 Å². The molecule has 0 saturated heterocycles. The van der Waals surface area contributed by atoms with Crippen molar-refractivity contribution in [3.63, 3.8) is 0 Å². The molecule has 0 bridgehead atoms. The molecule has 2 aromatic carbocycles. The molecule has 0 fully saturated rings. The van der Waals surface area contributed by atoms with Gasteiger partial charge in [-0.2, -0.15) is 0 Å². The molecule has 1 N–H and O–H groups in total. The van der Waals surface area contributed by atoms with Crippen LogP contribution in [0.4, 0.5) is 5.69 Å². The van der Waals surface area contributed by atoms with Crippen LogP contribution in [-0.2, 0) is 0 Å². The van der Waals surface area contributed by atoms with E-state index in [1.165, 1.54) is 0 Å². The van der Waals surface area contributed by atoms with Gasteiger partial charge in [0, 0.05) is 23.9 Å². The minimum atomic E-state index is -0.377. The van der Waals surface area contributed by atoms with Crippen molar-refractivity contribution in [1.82, 2.24) is 10.1 Å². The summed E-state index contributed by atoms with van der Waals surface area (Å²) < 4.78 is 10.9. The van der Waals surface area contributed by atoms with Crippen LogP contribution >= 0.6 is 11.6 Å². The number of aromatic nitrogens is 1. The lowest BCUT2D eigenvalue weighted by Gasteiger charge is -2.12. The van der Waals surface area contributed by atoms with Crippen LogP contribution in [0.3, 0.4) is 0 Å². The number of amides is 1.